The lowest BCUT2D eigenvalue weighted by molar-refractivity contribution is -0.133. The van der Waals surface area contributed by atoms with Crippen LogP contribution in [0.15, 0.2) is 53.4 Å². The highest BCUT2D eigenvalue weighted by Gasteiger charge is 2.40. The van der Waals surface area contributed by atoms with E-state index in [0.717, 1.165) is 12.1 Å². The molecule has 1 amide bonds. The summed E-state index contributed by atoms with van der Waals surface area (Å²) in [6.07, 6.45) is 0.142. The Morgan fingerprint density at radius 2 is 1.75 bits per heavy atom. The second-order valence-corrected chi connectivity index (χ2v) is 8.32. The van der Waals surface area contributed by atoms with E-state index in [4.69, 9.17) is 11.6 Å². The van der Waals surface area contributed by atoms with Gasteiger partial charge >= 0.3 is 0 Å². The van der Waals surface area contributed by atoms with Crippen LogP contribution < -0.4 is 0 Å². The molecule has 0 spiro atoms. The molecule has 1 aliphatic heterocycles. The quantitative estimate of drug-likeness (QED) is 0.781. The van der Waals surface area contributed by atoms with Crippen molar-refractivity contribution in [1.29, 1.82) is 0 Å². The molecule has 0 saturated carbocycles. The summed E-state index contributed by atoms with van der Waals surface area (Å²) in [7, 11) is -3.55. The molecule has 2 aromatic rings. The van der Waals surface area contributed by atoms with Crippen molar-refractivity contribution < 1.29 is 17.6 Å². The number of sulfone groups is 1. The summed E-state index contributed by atoms with van der Waals surface area (Å²) in [5.74, 6) is -0.646. The van der Waals surface area contributed by atoms with Crippen molar-refractivity contribution >= 4 is 27.3 Å². The fourth-order valence-corrected chi connectivity index (χ4v) is 4.43. The molecule has 0 bridgehead atoms. The van der Waals surface area contributed by atoms with Gasteiger partial charge in [0.2, 0.25) is 5.91 Å². The van der Waals surface area contributed by atoms with Gasteiger partial charge in [0, 0.05) is 18.1 Å². The van der Waals surface area contributed by atoms with Gasteiger partial charge in [-0.1, -0.05) is 29.8 Å². The zero-order chi connectivity index (χ0) is 17.3. The van der Waals surface area contributed by atoms with Crippen molar-refractivity contribution in [3.05, 3.63) is 64.9 Å². The number of carbonyl (C=O) groups is 1. The summed E-state index contributed by atoms with van der Waals surface area (Å²) in [5.41, 5.74) is 0.717. The maximum absolute atomic E-state index is 12.9. The summed E-state index contributed by atoms with van der Waals surface area (Å²) < 4.78 is 37.8. The van der Waals surface area contributed by atoms with Gasteiger partial charge in [0.15, 0.2) is 9.84 Å². The van der Waals surface area contributed by atoms with Crippen molar-refractivity contribution in [1.82, 2.24) is 4.90 Å². The van der Waals surface area contributed by atoms with Gasteiger partial charge in [0.05, 0.1) is 11.3 Å². The number of nitrogens with zero attached hydrogens (tertiary/aromatic N) is 1. The molecule has 0 atom stereocenters. The molecular weight excluding hydrogens is 353 g/mol. The van der Waals surface area contributed by atoms with E-state index in [1.165, 1.54) is 17.0 Å². The van der Waals surface area contributed by atoms with E-state index < -0.39 is 20.9 Å². The molecule has 0 unspecified atom stereocenters. The van der Waals surface area contributed by atoms with Crippen molar-refractivity contribution in [2.24, 2.45) is 0 Å². The molecule has 2 aromatic carbocycles. The van der Waals surface area contributed by atoms with Crippen LogP contribution in [0.25, 0.3) is 0 Å². The normalized spacial score (nSPS) is 15.2. The summed E-state index contributed by atoms with van der Waals surface area (Å²) >= 11 is 6.03. The average molecular weight is 368 g/mol. The molecule has 0 aliphatic carbocycles. The van der Waals surface area contributed by atoms with Crippen LogP contribution >= 0.6 is 11.6 Å². The van der Waals surface area contributed by atoms with Gasteiger partial charge in [-0.15, -0.1) is 0 Å². The lowest BCUT2D eigenvalue weighted by Gasteiger charge is -2.38. The second-order valence-electron chi connectivity index (χ2n) is 5.69. The van der Waals surface area contributed by atoms with Crippen LogP contribution in [0, 0.1) is 5.82 Å². The topological polar surface area (TPSA) is 54.5 Å². The zero-order valence-corrected chi connectivity index (χ0v) is 14.2. The zero-order valence-electron chi connectivity index (χ0n) is 12.7. The molecule has 0 radical (unpaired) electrons. The Kier molecular flexibility index (Phi) is 4.60. The van der Waals surface area contributed by atoms with Gasteiger partial charge in [-0.25, -0.2) is 12.8 Å². The number of benzene rings is 2. The Hall–Kier alpha value is -1.92. The lowest BCUT2D eigenvalue weighted by atomic mass is 10.1. The van der Waals surface area contributed by atoms with E-state index in [1.54, 1.807) is 24.3 Å². The average Bonchev–Trinajstić information content (AvgIpc) is 2.48. The lowest BCUT2D eigenvalue weighted by Crippen LogP contribution is -2.57. The Bertz CT molecular complexity index is 862. The highest BCUT2D eigenvalue weighted by molar-refractivity contribution is 7.92. The molecule has 1 fully saturated rings. The van der Waals surface area contributed by atoms with Crippen LogP contribution in [-0.4, -0.2) is 37.6 Å². The monoisotopic (exact) mass is 367 g/mol. The minimum atomic E-state index is -3.55. The molecular formula is C17H15ClFNO3S. The number of halogens is 2. The van der Waals surface area contributed by atoms with Gasteiger partial charge in [-0.05, 0) is 35.9 Å². The molecule has 1 heterocycles. The first kappa shape index (κ1) is 16.9. The maximum atomic E-state index is 12.9. The smallest absolute Gasteiger partial charge is 0.227 e. The number of amides is 1. The maximum Gasteiger partial charge on any atom is 0.227 e. The van der Waals surface area contributed by atoms with Gasteiger partial charge in [0.1, 0.15) is 11.1 Å². The van der Waals surface area contributed by atoms with Gasteiger partial charge < -0.3 is 4.90 Å². The van der Waals surface area contributed by atoms with Crippen LogP contribution in [0.2, 0.25) is 5.02 Å². The van der Waals surface area contributed by atoms with E-state index in [1.807, 2.05) is 0 Å². The Balaban J connectivity index is 1.63. The first-order valence-electron chi connectivity index (χ1n) is 7.38. The molecule has 0 N–H and O–H groups in total. The third-order valence-corrected chi connectivity index (χ3v) is 6.56. The minimum absolute atomic E-state index is 0.0760. The summed E-state index contributed by atoms with van der Waals surface area (Å²) in [6.45, 7) is 0.284. The molecule has 7 heteroatoms. The van der Waals surface area contributed by atoms with Crippen LogP contribution in [0.5, 0.6) is 0 Å². The molecule has 1 aliphatic rings. The third-order valence-electron chi connectivity index (χ3n) is 4.08. The first-order chi connectivity index (χ1) is 11.4. The number of hydrogen-bond acceptors (Lipinski definition) is 3. The molecule has 126 valence electrons. The van der Waals surface area contributed by atoms with Crippen molar-refractivity contribution in [2.75, 3.05) is 13.1 Å². The predicted octanol–water partition coefficient (Wildman–Crippen LogP) is 2.71. The second kappa shape index (κ2) is 6.53. The van der Waals surface area contributed by atoms with Crippen LogP contribution in [-0.2, 0) is 21.1 Å². The van der Waals surface area contributed by atoms with E-state index in [-0.39, 0.29) is 30.3 Å². The van der Waals surface area contributed by atoms with E-state index in [0.29, 0.717) is 10.6 Å². The first-order valence-corrected chi connectivity index (χ1v) is 9.31. The molecule has 0 aromatic heterocycles. The molecule has 24 heavy (non-hydrogen) atoms. The third kappa shape index (κ3) is 3.30. The van der Waals surface area contributed by atoms with E-state index in [2.05, 4.69) is 0 Å². The number of hydrogen-bond donors (Lipinski definition) is 0. The fraction of sp³-hybridized carbons (Fsp3) is 0.235. The Morgan fingerprint density at radius 3 is 2.38 bits per heavy atom. The molecule has 1 saturated heterocycles. The largest absolute Gasteiger partial charge is 0.340 e. The number of carbonyl (C=O) groups excluding carboxylic acids is 1. The van der Waals surface area contributed by atoms with Crippen LogP contribution in [0.1, 0.15) is 5.56 Å². The van der Waals surface area contributed by atoms with Crippen LogP contribution in [0.4, 0.5) is 4.39 Å². The summed E-state index contributed by atoms with van der Waals surface area (Å²) in [5, 5.41) is -0.139. The predicted molar refractivity (Wildman–Crippen MR) is 89.1 cm³/mol. The fourth-order valence-electron chi connectivity index (χ4n) is 2.57. The summed E-state index contributed by atoms with van der Waals surface area (Å²) in [6, 6.07) is 11.8. The minimum Gasteiger partial charge on any atom is -0.340 e. The molecule has 3 rings (SSSR count). The van der Waals surface area contributed by atoms with Gasteiger partial charge in [-0.2, -0.15) is 0 Å². The van der Waals surface area contributed by atoms with Gasteiger partial charge in [-0.3, -0.25) is 4.79 Å². The van der Waals surface area contributed by atoms with E-state index >= 15 is 0 Å². The Labute approximate surface area is 144 Å². The summed E-state index contributed by atoms with van der Waals surface area (Å²) in [4.78, 5) is 13.8. The van der Waals surface area contributed by atoms with Crippen molar-refractivity contribution in [2.45, 2.75) is 16.6 Å². The Morgan fingerprint density at radius 1 is 1.12 bits per heavy atom. The highest BCUT2D eigenvalue weighted by Crippen LogP contribution is 2.25. The molecule has 4 nitrogen and oxygen atoms in total. The van der Waals surface area contributed by atoms with Crippen LogP contribution in [0.3, 0.4) is 0 Å². The number of rotatable bonds is 4. The van der Waals surface area contributed by atoms with Crippen molar-refractivity contribution in [3.63, 3.8) is 0 Å². The van der Waals surface area contributed by atoms with Gasteiger partial charge in [0.25, 0.3) is 0 Å². The van der Waals surface area contributed by atoms with E-state index in [9.17, 15) is 17.6 Å². The SMILES string of the molecule is O=C(Cc1ccccc1Cl)N1CC(S(=O)(=O)c2ccc(F)cc2)C1. The highest BCUT2D eigenvalue weighted by atomic mass is 35.5. The van der Waals surface area contributed by atoms with Crippen molar-refractivity contribution in [3.8, 4) is 0 Å². The number of likely N-dealkylation sites (tertiary alicyclic amines) is 1. The standard InChI is InChI=1S/C17H15ClFNO3S/c18-16-4-2-1-3-12(16)9-17(21)20-10-15(11-20)24(22,23)14-7-5-13(19)6-8-14/h1-8,15H,9-11H2.